The maximum Gasteiger partial charge on any atom is 0.256 e. The number of anilines is 1. The maximum absolute atomic E-state index is 12.2. The molecule has 2 aromatic heterocycles. The maximum atomic E-state index is 12.2. The molecule has 1 atom stereocenters. The molecular weight excluding hydrogens is 252 g/mol. The van der Waals surface area contributed by atoms with Gasteiger partial charge in [-0.3, -0.25) is 9.78 Å². The van der Waals surface area contributed by atoms with E-state index in [1.54, 1.807) is 30.7 Å². The predicted molar refractivity (Wildman–Crippen MR) is 76.6 cm³/mol. The molecule has 2 aromatic rings. The van der Waals surface area contributed by atoms with Gasteiger partial charge in [0.1, 0.15) is 5.82 Å². The molecule has 3 rings (SSSR count). The summed E-state index contributed by atoms with van der Waals surface area (Å²) in [7, 11) is 0. The monoisotopic (exact) mass is 270 g/mol. The Bertz CT molecular complexity index is 616. The molecule has 20 heavy (non-hydrogen) atoms. The topological polar surface area (TPSA) is 59.8 Å². The quantitative estimate of drug-likeness (QED) is 0.929. The summed E-state index contributed by atoms with van der Waals surface area (Å²) in [5, 5.41) is 7.39. The number of carbonyl (C=O) groups excluding carboxylic acids is 1. The van der Waals surface area contributed by atoms with E-state index in [1.807, 2.05) is 11.6 Å². The molecule has 1 N–H and O–H groups in total. The lowest BCUT2D eigenvalue weighted by Crippen LogP contribution is -2.19. The molecule has 2 heterocycles. The highest BCUT2D eigenvalue weighted by atomic mass is 16.1. The molecule has 1 aliphatic rings. The van der Waals surface area contributed by atoms with Crippen molar-refractivity contribution in [2.24, 2.45) is 5.92 Å². The lowest BCUT2D eigenvalue weighted by Gasteiger charge is -2.16. The Kier molecular flexibility index (Phi) is 3.26. The van der Waals surface area contributed by atoms with E-state index in [1.165, 1.54) is 12.8 Å². The van der Waals surface area contributed by atoms with Crippen molar-refractivity contribution in [3.63, 3.8) is 0 Å². The Morgan fingerprint density at radius 1 is 1.40 bits per heavy atom. The fraction of sp³-hybridized carbons (Fsp3) is 0.400. The van der Waals surface area contributed by atoms with E-state index >= 15 is 0 Å². The van der Waals surface area contributed by atoms with Gasteiger partial charge in [0.25, 0.3) is 5.91 Å². The van der Waals surface area contributed by atoms with Gasteiger partial charge in [-0.1, -0.05) is 0 Å². The second kappa shape index (κ2) is 5.07. The summed E-state index contributed by atoms with van der Waals surface area (Å²) in [5.74, 6) is 1.36. The molecule has 1 fully saturated rings. The van der Waals surface area contributed by atoms with Crippen molar-refractivity contribution in [2.75, 3.05) is 5.32 Å². The van der Waals surface area contributed by atoms with E-state index in [0.29, 0.717) is 17.5 Å². The molecule has 104 valence electrons. The number of hydrogen-bond acceptors (Lipinski definition) is 3. The molecule has 1 saturated carbocycles. The standard InChI is InChI=1S/C15H18N4O/c1-10-9-17-19(11(2)12-3-4-12)14(10)18-15(20)13-5-7-16-8-6-13/h5-9,11-12H,3-4H2,1-2H3,(H,18,20)/t11-/m1/s1. The first-order valence-corrected chi connectivity index (χ1v) is 6.92. The fourth-order valence-electron chi connectivity index (χ4n) is 2.37. The number of pyridine rings is 1. The van der Waals surface area contributed by atoms with Crippen LogP contribution >= 0.6 is 0 Å². The van der Waals surface area contributed by atoms with Gasteiger partial charge in [0.2, 0.25) is 0 Å². The van der Waals surface area contributed by atoms with Crippen LogP contribution in [0.5, 0.6) is 0 Å². The highest BCUT2D eigenvalue weighted by Crippen LogP contribution is 2.40. The van der Waals surface area contributed by atoms with Crippen LogP contribution in [0, 0.1) is 12.8 Å². The summed E-state index contributed by atoms with van der Waals surface area (Å²) in [6.07, 6.45) is 7.54. The summed E-state index contributed by atoms with van der Waals surface area (Å²) in [4.78, 5) is 16.2. The van der Waals surface area contributed by atoms with Crippen molar-refractivity contribution in [1.82, 2.24) is 14.8 Å². The molecule has 5 heteroatoms. The third kappa shape index (κ3) is 2.43. The van der Waals surface area contributed by atoms with E-state index in [2.05, 4.69) is 22.3 Å². The Morgan fingerprint density at radius 3 is 2.75 bits per heavy atom. The largest absolute Gasteiger partial charge is 0.307 e. The third-order valence-electron chi connectivity index (χ3n) is 3.84. The van der Waals surface area contributed by atoms with Crippen LogP contribution in [0.25, 0.3) is 0 Å². The van der Waals surface area contributed by atoms with Gasteiger partial charge in [0.05, 0.1) is 12.2 Å². The van der Waals surface area contributed by atoms with E-state index in [-0.39, 0.29) is 5.91 Å². The van der Waals surface area contributed by atoms with Crippen LogP contribution in [0.1, 0.15) is 41.7 Å². The molecule has 0 radical (unpaired) electrons. The average molecular weight is 270 g/mol. The minimum Gasteiger partial charge on any atom is -0.307 e. The molecule has 0 aromatic carbocycles. The van der Waals surface area contributed by atoms with Gasteiger partial charge >= 0.3 is 0 Å². The molecule has 1 amide bonds. The number of carbonyl (C=O) groups is 1. The predicted octanol–water partition coefficient (Wildman–Crippen LogP) is 2.81. The molecule has 0 aliphatic heterocycles. The van der Waals surface area contributed by atoms with Gasteiger partial charge in [0.15, 0.2) is 0 Å². The third-order valence-corrected chi connectivity index (χ3v) is 3.84. The van der Waals surface area contributed by atoms with Crippen LogP contribution in [0.15, 0.2) is 30.7 Å². The summed E-state index contributed by atoms with van der Waals surface area (Å²) in [6, 6.07) is 3.74. The lowest BCUT2D eigenvalue weighted by atomic mass is 10.2. The van der Waals surface area contributed by atoms with Crippen molar-refractivity contribution in [3.05, 3.63) is 41.9 Å². The first-order chi connectivity index (χ1) is 9.66. The zero-order valence-corrected chi connectivity index (χ0v) is 11.7. The number of nitrogens with zero attached hydrogens (tertiary/aromatic N) is 3. The van der Waals surface area contributed by atoms with Crippen LogP contribution in [-0.4, -0.2) is 20.7 Å². The summed E-state index contributed by atoms with van der Waals surface area (Å²) in [5.41, 5.74) is 1.59. The first-order valence-electron chi connectivity index (χ1n) is 6.92. The van der Waals surface area contributed by atoms with Crippen LogP contribution in [0.3, 0.4) is 0 Å². The highest BCUT2D eigenvalue weighted by molar-refractivity contribution is 6.04. The Hall–Kier alpha value is -2.17. The normalized spacial score (nSPS) is 15.9. The number of hydrogen-bond donors (Lipinski definition) is 1. The molecule has 0 saturated heterocycles. The summed E-state index contributed by atoms with van der Waals surface area (Å²) < 4.78 is 1.94. The van der Waals surface area contributed by atoms with Crippen molar-refractivity contribution >= 4 is 11.7 Å². The number of aryl methyl sites for hydroxylation is 1. The number of amides is 1. The minimum atomic E-state index is -0.125. The SMILES string of the molecule is Cc1cnn([C@H](C)C2CC2)c1NC(=O)c1ccncc1. The van der Waals surface area contributed by atoms with E-state index in [9.17, 15) is 4.79 Å². The van der Waals surface area contributed by atoms with E-state index in [4.69, 9.17) is 0 Å². The molecule has 0 unspecified atom stereocenters. The second-order valence-electron chi connectivity index (χ2n) is 5.39. The van der Waals surface area contributed by atoms with Crippen molar-refractivity contribution in [2.45, 2.75) is 32.7 Å². The molecular formula is C15H18N4O. The average Bonchev–Trinajstić information content (AvgIpc) is 3.26. The molecule has 1 aliphatic carbocycles. The van der Waals surface area contributed by atoms with Crippen molar-refractivity contribution in [3.8, 4) is 0 Å². The van der Waals surface area contributed by atoms with Crippen LogP contribution in [-0.2, 0) is 0 Å². The minimum absolute atomic E-state index is 0.125. The van der Waals surface area contributed by atoms with Crippen molar-refractivity contribution < 1.29 is 4.79 Å². The zero-order chi connectivity index (χ0) is 14.1. The van der Waals surface area contributed by atoms with Crippen molar-refractivity contribution in [1.29, 1.82) is 0 Å². The number of rotatable bonds is 4. The van der Waals surface area contributed by atoms with Gasteiger partial charge in [-0.05, 0) is 44.7 Å². The highest BCUT2D eigenvalue weighted by Gasteiger charge is 2.31. The molecule has 0 bridgehead atoms. The van der Waals surface area contributed by atoms with Gasteiger partial charge in [-0.15, -0.1) is 0 Å². The summed E-state index contributed by atoms with van der Waals surface area (Å²) in [6.45, 7) is 4.12. The number of nitrogens with one attached hydrogen (secondary N) is 1. The fourth-order valence-corrected chi connectivity index (χ4v) is 2.37. The van der Waals surface area contributed by atoms with Crippen LogP contribution in [0.2, 0.25) is 0 Å². The van der Waals surface area contributed by atoms with Gasteiger partial charge < -0.3 is 5.32 Å². The Labute approximate surface area is 118 Å². The molecule has 0 spiro atoms. The Morgan fingerprint density at radius 2 is 2.10 bits per heavy atom. The lowest BCUT2D eigenvalue weighted by molar-refractivity contribution is 0.102. The van der Waals surface area contributed by atoms with E-state index < -0.39 is 0 Å². The smallest absolute Gasteiger partial charge is 0.256 e. The van der Waals surface area contributed by atoms with Crippen LogP contribution in [0.4, 0.5) is 5.82 Å². The Balaban J connectivity index is 1.83. The molecule has 5 nitrogen and oxygen atoms in total. The van der Waals surface area contributed by atoms with Gasteiger partial charge in [-0.25, -0.2) is 4.68 Å². The zero-order valence-electron chi connectivity index (χ0n) is 11.7. The van der Waals surface area contributed by atoms with Gasteiger partial charge in [-0.2, -0.15) is 5.10 Å². The first kappa shape index (κ1) is 12.8. The number of aromatic nitrogens is 3. The van der Waals surface area contributed by atoms with E-state index in [0.717, 1.165) is 11.4 Å². The van der Waals surface area contributed by atoms with Gasteiger partial charge in [0, 0.05) is 23.5 Å². The summed E-state index contributed by atoms with van der Waals surface area (Å²) >= 11 is 0. The van der Waals surface area contributed by atoms with Crippen LogP contribution < -0.4 is 5.32 Å². The second-order valence-corrected chi connectivity index (χ2v) is 5.39.